The molecule has 2 aromatic rings. The molecule has 5 heteroatoms. The molecule has 1 amide bonds. The molecule has 0 fully saturated rings. The lowest BCUT2D eigenvalue weighted by atomic mass is 10.2. The largest absolute Gasteiger partial charge is 0.481 e. The van der Waals surface area contributed by atoms with E-state index in [9.17, 15) is 9.18 Å². The van der Waals surface area contributed by atoms with Crippen LogP contribution in [0, 0.1) is 5.82 Å². The van der Waals surface area contributed by atoms with Gasteiger partial charge >= 0.3 is 0 Å². The van der Waals surface area contributed by atoms with Crippen LogP contribution in [0.2, 0.25) is 0 Å². The van der Waals surface area contributed by atoms with E-state index in [0.717, 1.165) is 0 Å². The van der Waals surface area contributed by atoms with Gasteiger partial charge < -0.3 is 10.1 Å². The lowest BCUT2D eigenvalue weighted by Gasteiger charge is -2.05. The second kappa shape index (κ2) is 5.27. The minimum absolute atomic E-state index is 0.351. The van der Waals surface area contributed by atoms with Gasteiger partial charge in [-0.2, -0.15) is 0 Å². The van der Waals surface area contributed by atoms with Crippen molar-refractivity contribution in [3.05, 3.63) is 54.0 Å². The third-order valence-corrected chi connectivity index (χ3v) is 2.29. The van der Waals surface area contributed by atoms with Crippen molar-refractivity contribution >= 4 is 11.6 Å². The molecule has 1 aromatic heterocycles. The van der Waals surface area contributed by atoms with Gasteiger partial charge in [-0.05, 0) is 24.3 Å². The van der Waals surface area contributed by atoms with Gasteiger partial charge in [0.25, 0.3) is 5.91 Å². The lowest BCUT2D eigenvalue weighted by Crippen LogP contribution is -2.12. The quantitative estimate of drug-likeness (QED) is 0.905. The summed E-state index contributed by atoms with van der Waals surface area (Å²) in [4.78, 5) is 15.7. The maximum atomic E-state index is 12.9. The van der Waals surface area contributed by atoms with Crippen LogP contribution in [0.15, 0.2) is 42.6 Å². The van der Waals surface area contributed by atoms with E-state index >= 15 is 0 Å². The predicted octanol–water partition coefficient (Wildman–Crippen LogP) is 2.48. The fourth-order valence-corrected chi connectivity index (χ4v) is 1.40. The Bertz CT molecular complexity index is 555. The van der Waals surface area contributed by atoms with Gasteiger partial charge in [0.2, 0.25) is 5.88 Å². The second-order valence-corrected chi connectivity index (χ2v) is 3.55. The highest BCUT2D eigenvalue weighted by Gasteiger charge is 2.07. The van der Waals surface area contributed by atoms with Gasteiger partial charge in [0, 0.05) is 18.0 Å². The molecule has 0 aliphatic heterocycles. The van der Waals surface area contributed by atoms with Gasteiger partial charge in [0.05, 0.1) is 12.7 Å². The molecule has 1 aromatic carbocycles. The number of hydrogen-bond acceptors (Lipinski definition) is 3. The molecule has 0 atom stereocenters. The number of nitrogens with one attached hydrogen (secondary N) is 1. The number of amides is 1. The van der Waals surface area contributed by atoms with Crippen LogP contribution in [0.25, 0.3) is 0 Å². The number of pyridine rings is 1. The van der Waals surface area contributed by atoms with Crippen LogP contribution < -0.4 is 10.1 Å². The van der Waals surface area contributed by atoms with Crippen molar-refractivity contribution in [1.82, 2.24) is 4.98 Å². The molecule has 0 spiro atoms. The van der Waals surface area contributed by atoms with E-state index in [4.69, 9.17) is 4.74 Å². The van der Waals surface area contributed by atoms with Crippen LogP contribution in [-0.2, 0) is 0 Å². The summed E-state index contributed by atoms with van der Waals surface area (Å²) in [5.74, 6) is -0.325. The van der Waals surface area contributed by atoms with Crippen LogP contribution in [0.3, 0.4) is 0 Å². The number of rotatable bonds is 3. The summed E-state index contributed by atoms with van der Waals surface area (Å²) in [5.41, 5.74) is 0.774. The van der Waals surface area contributed by atoms with E-state index in [0.29, 0.717) is 17.1 Å². The molecule has 0 saturated heterocycles. The Labute approximate surface area is 103 Å². The first kappa shape index (κ1) is 12.0. The summed E-state index contributed by atoms with van der Waals surface area (Å²) >= 11 is 0. The van der Waals surface area contributed by atoms with Gasteiger partial charge in [0.15, 0.2) is 0 Å². The molecule has 92 valence electrons. The highest BCUT2D eigenvalue weighted by molar-refractivity contribution is 6.04. The molecular formula is C13H11FN2O2. The number of halogens is 1. The molecule has 0 radical (unpaired) electrons. The van der Waals surface area contributed by atoms with Crippen LogP contribution in [0.4, 0.5) is 10.1 Å². The van der Waals surface area contributed by atoms with Gasteiger partial charge in [-0.1, -0.05) is 6.07 Å². The fraction of sp³-hybridized carbons (Fsp3) is 0.0769. The minimum atomic E-state index is -0.402. The van der Waals surface area contributed by atoms with Crippen LogP contribution >= 0.6 is 0 Å². The average molecular weight is 246 g/mol. The Morgan fingerprint density at radius 3 is 2.78 bits per heavy atom. The van der Waals surface area contributed by atoms with E-state index in [1.807, 2.05) is 0 Å². The molecule has 0 bridgehead atoms. The standard InChI is InChI=1S/C13H11FN2O2/c1-18-12-6-5-9(8-15-12)13(17)16-11-4-2-3-10(14)7-11/h2-8H,1H3,(H,16,17). The molecular weight excluding hydrogens is 235 g/mol. The van der Waals surface area contributed by atoms with Crippen LogP contribution in [0.1, 0.15) is 10.4 Å². The molecule has 1 N–H and O–H groups in total. The van der Waals surface area contributed by atoms with E-state index in [1.165, 1.54) is 31.5 Å². The molecule has 1 heterocycles. The topological polar surface area (TPSA) is 51.2 Å². The number of anilines is 1. The maximum Gasteiger partial charge on any atom is 0.257 e. The smallest absolute Gasteiger partial charge is 0.257 e. The van der Waals surface area contributed by atoms with Gasteiger partial charge in [-0.25, -0.2) is 9.37 Å². The SMILES string of the molecule is COc1ccc(C(=O)Nc2cccc(F)c2)cn1. The van der Waals surface area contributed by atoms with Crippen LogP contribution in [-0.4, -0.2) is 18.0 Å². The van der Waals surface area contributed by atoms with Crippen molar-refractivity contribution in [3.8, 4) is 5.88 Å². The van der Waals surface area contributed by atoms with Gasteiger partial charge in [-0.15, -0.1) is 0 Å². The summed E-state index contributed by atoms with van der Waals surface area (Å²) in [6.45, 7) is 0. The number of hydrogen-bond donors (Lipinski definition) is 1. The monoisotopic (exact) mass is 246 g/mol. The number of benzene rings is 1. The summed E-state index contributed by atoms with van der Waals surface area (Å²) in [6.07, 6.45) is 1.40. The van der Waals surface area contributed by atoms with Crippen molar-refractivity contribution in [2.75, 3.05) is 12.4 Å². The fourth-order valence-electron chi connectivity index (χ4n) is 1.40. The zero-order valence-electron chi connectivity index (χ0n) is 9.68. The molecule has 4 nitrogen and oxygen atoms in total. The highest BCUT2D eigenvalue weighted by Crippen LogP contribution is 2.12. The number of carbonyl (C=O) groups is 1. The van der Waals surface area contributed by atoms with E-state index in [-0.39, 0.29) is 5.91 Å². The van der Waals surface area contributed by atoms with E-state index in [1.54, 1.807) is 18.2 Å². The summed E-state index contributed by atoms with van der Waals surface area (Å²) in [7, 11) is 1.49. The first-order chi connectivity index (χ1) is 8.69. The first-order valence-corrected chi connectivity index (χ1v) is 5.26. The molecule has 18 heavy (non-hydrogen) atoms. The van der Waals surface area contributed by atoms with Crippen molar-refractivity contribution in [3.63, 3.8) is 0 Å². The van der Waals surface area contributed by atoms with Gasteiger partial charge in [-0.3, -0.25) is 4.79 Å². The zero-order valence-corrected chi connectivity index (χ0v) is 9.68. The number of carbonyl (C=O) groups excluding carboxylic acids is 1. The minimum Gasteiger partial charge on any atom is -0.481 e. The Morgan fingerprint density at radius 2 is 2.17 bits per heavy atom. The van der Waals surface area contributed by atoms with Crippen molar-refractivity contribution in [2.24, 2.45) is 0 Å². The third kappa shape index (κ3) is 2.82. The Morgan fingerprint density at radius 1 is 1.33 bits per heavy atom. The van der Waals surface area contributed by atoms with Crippen molar-refractivity contribution in [1.29, 1.82) is 0 Å². The Balaban J connectivity index is 2.11. The highest BCUT2D eigenvalue weighted by atomic mass is 19.1. The summed E-state index contributed by atoms with van der Waals surface area (Å²) < 4.78 is 17.8. The van der Waals surface area contributed by atoms with Gasteiger partial charge in [0.1, 0.15) is 5.82 Å². The molecule has 0 unspecified atom stereocenters. The molecule has 2 rings (SSSR count). The number of ether oxygens (including phenoxy) is 1. The molecule has 0 aliphatic rings. The predicted molar refractivity (Wildman–Crippen MR) is 65.1 cm³/mol. The Kier molecular flexibility index (Phi) is 3.52. The second-order valence-electron chi connectivity index (χ2n) is 3.55. The van der Waals surface area contributed by atoms with Crippen molar-refractivity contribution < 1.29 is 13.9 Å². The molecule has 0 aliphatic carbocycles. The van der Waals surface area contributed by atoms with E-state index < -0.39 is 5.82 Å². The Hall–Kier alpha value is -2.43. The first-order valence-electron chi connectivity index (χ1n) is 5.26. The number of aromatic nitrogens is 1. The normalized spacial score (nSPS) is 9.89. The zero-order chi connectivity index (χ0) is 13.0. The van der Waals surface area contributed by atoms with Crippen molar-refractivity contribution in [2.45, 2.75) is 0 Å². The van der Waals surface area contributed by atoms with E-state index in [2.05, 4.69) is 10.3 Å². The number of methoxy groups -OCH3 is 1. The van der Waals surface area contributed by atoms with Crippen LogP contribution in [0.5, 0.6) is 5.88 Å². The third-order valence-electron chi connectivity index (χ3n) is 2.29. The summed E-state index contributed by atoms with van der Waals surface area (Å²) in [5, 5.41) is 2.58. The average Bonchev–Trinajstić information content (AvgIpc) is 2.39. The molecule has 0 saturated carbocycles. The summed E-state index contributed by atoms with van der Waals surface area (Å²) in [6, 6.07) is 8.86. The lowest BCUT2D eigenvalue weighted by molar-refractivity contribution is 0.102. The maximum absolute atomic E-state index is 12.9. The number of nitrogens with zero attached hydrogens (tertiary/aromatic N) is 1.